The Kier molecular flexibility index (Phi) is 5.52. The highest BCUT2D eigenvalue weighted by molar-refractivity contribution is 5.54. The van der Waals surface area contributed by atoms with Gasteiger partial charge in [0.15, 0.2) is 11.5 Å². The van der Waals surface area contributed by atoms with Gasteiger partial charge in [-0.1, -0.05) is 37.3 Å². The second-order valence-corrected chi connectivity index (χ2v) is 7.75. The average Bonchev–Trinajstić information content (AvgIpc) is 3.27. The fraction of sp³-hybridized carbons (Fsp3) is 0.400. The molecule has 3 heteroatoms. The smallest absolute Gasteiger partial charge is 0.161 e. The summed E-state index contributed by atoms with van der Waals surface area (Å²) in [6, 6.07) is 10.7. The van der Waals surface area contributed by atoms with E-state index < -0.39 is 0 Å². The third-order valence-electron chi connectivity index (χ3n) is 6.23. The van der Waals surface area contributed by atoms with Gasteiger partial charge in [-0.2, -0.15) is 0 Å². The minimum atomic E-state index is -0.230. The molecule has 0 amide bonds. The number of pyridine rings is 1. The lowest BCUT2D eigenvalue weighted by Crippen LogP contribution is -2.35. The number of ether oxygens (including phenoxy) is 2. The van der Waals surface area contributed by atoms with Crippen LogP contribution in [0.2, 0.25) is 0 Å². The summed E-state index contributed by atoms with van der Waals surface area (Å²) < 4.78 is 12.0. The lowest BCUT2D eigenvalue weighted by Gasteiger charge is -2.40. The summed E-state index contributed by atoms with van der Waals surface area (Å²) >= 11 is 0. The van der Waals surface area contributed by atoms with Crippen molar-refractivity contribution in [1.29, 1.82) is 0 Å². The molecule has 1 aromatic carbocycles. The quantitative estimate of drug-likeness (QED) is 0.635. The van der Waals surface area contributed by atoms with Gasteiger partial charge in [-0.3, -0.25) is 4.98 Å². The molecule has 0 saturated heterocycles. The van der Waals surface area contributed by atoms with Gasteiger partial charge >= 0.3 is 0 Å². The molecule has 0 aliphatic heterocycles. The van der Waals surface area contributed by atoms with E-state index in [4.69, 9.17) is 9.47 Å². The van der Waals surface area contributed by atoms with Gasteiger partial charge in [0.25, 0.3) is 0 Å². The molecule has 0 bridgehead atoms. The molecule has 4 rings (SSSR count). The van der Waals surface area contributed by atoms with Crippen LogP contribution in [-0.2, 0) is 5.41 Å². The molecule has 1 fully saturated rings. The molecular formula is C25H29NO2. The Morgan fingerprint density at radius 3 is 2.50 bits per heavy atom. The molecule has 2 atom stereocenters. The molecule has 1 unspecified atom stereocenters. The Bertz CT molecular complexity index is 852. The predicted octanol–water partition coefficient (Wildman–Crippen LogP) is 5.85. The van der Waals surface area contributed by atoms with Crippen molar-refractivity contribution in [1.82, 2.24) is 4.98 Å². The van der Waals surface area contributed by atoms with E-state index in [2.05, 4.69) is 66.5 Å². The maximum absolute atomic E-state index is 6.40. The second-order valence-electron chi connectivity index (χ2n) is 7.75. The number of benzene rings is 1. The standard InChI is InChI=1S/C25H29NO2/c1-3-19-8-6-7-15-25(19,20-13-16-26-17-14-20)21-11-12-23(27-2)24(18-21)28-22-9-4-5-10-22/h6-8,11-19,22H,3-5,9-10H2,1-2H3/t19?,25-/m1/s1. The van der Waals surface area contributed by atoms with Crippen LogP contribution >= 0.6 is 0 Å². The van der Waals surface area contributed by atoms with Crippen LogP contribution in [0.4, 0.5) is 0 Å². The van der Waals surface area contributed by atoms with Crippen molar-refractivity contribution in [3.8, 4) is 11.5 Å². The number of allylic oxidation sites excluding steroid dienone is 4. The highest BCUT2D eigenvalue weighted by Gasteiger charge is 2.39. The molecule has 0 spiro atoms. The molecule has 28 heavy (non-hydrogen) atoms. The lowest BCUT2D eigenvalue weighted by molar-refractivity contribution is 0.200. The van der Waals surface area contributed by atoms with Crippen molar-refractivity contribution in [2.24, 2.45) is 5.92 Å². The van der Waals surface area contributed by atoms with Crippen LogP contribution in [0.5, 0.6) is 11.5 Å². The molecule has 3 nitrogen and oxygen atoms in total. The van der Waals surface area contributed by atoms with Crippen LogP contribution in [-0.4, -0.2) is 18.2 Å². The first-order valence-corrected chi connectivity index (χ1v) is 10.4. The van der Waals surface area contributed by atoms with E-state index in [9.17, 15) is 0 Å². The first kappa shape index (κ1) is 18.8. The van der Waals surface area contributed by atoms with E-state index in [-0.39, 0.29) is 5.41 Å². The van der Waals surface area contributed by atoms with Gasteiger partial charge in [-0.15, -0.1) is 0 Å². The topological polar surface area (TPSA) is 31.4 Å². The van der Waals surface area contributed by atoms with Crippen LogP contribution in [0.3, 0.4) is 0 Å². The van der Waals surface area contributed by atoms with Crippen molar-refractivity contribution in [3.63, 3.8) is 0 Å². The zero-order valence-electron chi connectivity index (χ0n) is 16.8. The molecule has 2 aliphatic rings. The number of nitrogens with zero attached hydrogens (tertiary/aromatic N) is 1. The number of methoxy groups -OCH3 is 1. The van der Waals surface area contributed by atoms with E-state index in [1.165, 1.54) is 24.0 Å². The molecule has 0 radical (unpaired) electrons. The van der Waals surface area contributed by atoms with Crippen molar-refractivity contribution in [2.45, 2.75) is 50.5 Å². The summed E-state index contributed by atoms with van der Waals surface area (Å²) in [5.41, 5.74) is 2.26. The highest BCUT2D eigenvalue weighted by atomic mass is 16.5. The number of aromatic nitrogens is 1. The Hall–Kier alpha value is -2.55. The lowest BCUT2D eigenvalue weighted by atomic mass is 9.63. The molecule has 1 saturated carbocycles. The van der Waals surface area contributed by atoms with E-state index >= 15 is 0 Å². The van der Waals surface area contributed by atoms with E-state index in [0.717, 1.165) is 30.8 Å². The summed E-state index contributed by atoms with van der Waals surface area (Å²) in [7, 11) is 1.72. The van der Waals surface area contributed by atoms with Crippen LogP contribution in [0.25, 0.3) is 0 Å². The molecule has 146 valence electrons. The fourth-order valence-corrected chi connectivity index (χ4v) is 4.77. The number of rotatable bonds is 6. The molecule has 1 aromatic heterocycles. The first-order chi connectivity index (χ1) is 13.8. The zero-order chi connectivity index (χ0) is 19.4. The third kappa shape index (κ3) is 3.34. The van der Waals surface area contributed by atoms with Crippen LogP contribution in [0, 0.1) is 5.92 Å². The van der Waals surface area contributed by atoms with Crippen LogP contribution in [0.15, 0.2) is 67.0 Å². The largest absolute Gasteiger partial charge is 0.493 e. The van der Waals surface area contributed by atoms with Crippen molar-refractivity contribution in [3.05, 3.63) is 78.2 Å². The van der Waals surface area contributed by atoms with Gasteiger partial charge in [0.1, 0.15) is 0 Å². The van der Waals surface area contributed by atoms with Gasteiger partial charge in [-0.05, 0) is 73.4 Å². The third-order valence-corrected chi connectivity index (χ3v) is 6.23. The Balaban J connectivity index is 1.82. The fourth-order valence-electron chi connectivity index (χ4n) is 4.77. The molecule has 0 N–H and O–H groups in total. The first-order valence-electron chi connectivity index (χ1n) is 10.4. The average molecular weight is 376 g/mol. The van der Waals surface area contributed by atoms with Crippen molar-refractivity contribution < 1.29 is 9.47 Å². The second kappa shape index (κ2) is 8.22. The van der Waals surface area contributed by atoms with Crippen molar-refractivity contribution >= 4 is 0 Å². The molecule has 1 heterocycles. The minimum absolute atomic E-state index is 0.230. The van der Waals surface area contributed by atoms with Crippen molar-refractivity contribution in [2.75, 3.05) is 7.11 Å². The number of hydrogen-bond donors (Lipinski definition) is 0. The van der Waals surface area contributed by atoms with Crippen LogP contribution in [0.1, 0.15) is 50.2 Å². The van der Waals surface area contributed by atoms with E-state index in [1.807, 2.05) is 12.4 Å². The maximum atomic E-state index is 6.40. The molecular weight excluding hydrogens is 346 g/mol. The van der Waals surface area contributed by atoms with E-state index in [0.29, 0.717) is 12.0 Å². The monoisotopic (exact) mass is 375 g/mol. The predicted molar refractivity (Wildman–Crippen MR) is 113 cm³/mol. The molecule has 2 aliphatic carbocycles. The highest BCUT2D eigenvalue weighted by Crippen LogP contribution is 2.47. The van der Waals surface area contributed by atoms with Gasteiger partial charge in [0, 0.05) is 17.8 Å². The minimum Gasteiger partial charge on any atom is -0.493 e. The normalized spacial score (nSPS) is 24.4. The van der Waals surface area contributed by atoms with Gasteiger partial charge in [0.2, 0.25) is 0 Å². The Labute approximate surface area is 168 Å². The van der Waals surface area contributed by atoms with Gasteiger partial charge < -0.3 is 9.47 Å². The Morgan fingerprint density at radius 1 is 1.00 bits per heavy atom. The van der Waals surface area contributed by atoms with E-state index in [1.54, 1.807) is 7.11 Å². The maximum Gasteiger partial charge on any atom is 0.161 e. The molecule has 2 aromatic rings. The van der Waals surface area contributed by atoms with Crippen LogP contribution < -0.4 is 9.47 Å². The summed E-state index contributed by atoms with van der Waals surface area (Å²) in [6.45, 7) is 2.25. The van der Waals surface area contributed by atoms with Gasteiger partial charge in [0.05, 0.1) is 13.2 Å². The van der Waals surface area contributed by atoms with Gasteiger partial charge in [-0.25, -0.2) is 0 Å². The Morgan fingerprint density at radius 2 is 1.79 bits per heavy atom. The number of hydrogen-bond acceptors (Lipinski definition) is 3. The summed E-state index contributed by atoms with van der Waals surface area (Å²) in [5, 5.41) is 0. The SMILES string of the molecule is CCC1C=CC=C[C@@]1(c1ccncc1)c1ccc(OC)c(OC2CCCC2)c1. The summed E-state index contributed by atoms with van der Waals surface area (Å²) in [6.07, 6.45) is 18.8. The summed E-state index contributed by atoms with van der Waals surface area (Å²) in [4.78, 5) is 4.24. The zero-order valence-corrected chi connectivity index (χ0v) is 16.8. The summed E-state index contributed by atoms with van der Waals surface area (Å²) in [5.74, 6) is 2.04.